The molecule has 3 rings (SSSR count). The normalized spacial score (nSPS) is 23.6. The molecule has 0 aliphatic carbocycles. The Bertz CT molecular complexity index is 477. The number of hydrogen-bond acceptors (Lipinski definition) is 5. The van der Waals surface area contributed by atoms with Gasteiger partial charge in [0, 0.05) is 30.3 Å². The first-order chi connectivity index (χ1) is 9.79. The van der Waals surface area contributed by atoms with E-state index in [0.717, 1.165) is 50.5 Å². The van der Waals surface area contributed by atoms with E-state index in [4.69, 9.17) is 9.97 Å². The fourth-order valence-corrected chi connectivity index (χ4v) is 4.22. The quantitative estimate of drug-likeness (QED) is 0.920. The highest BCUT2D eigenvalue weighted by atomic mass is 32.2. The fraction of sp³-hybridized carbons (Fsp3) is 0.733. The van der Waals surface area contributed by atoms with Crippen LogP contribution in [0.2, 0.25) is 0 Å². The summed E-state index contributed by atoms with van der Waals surface area (Å²) in [7, 11) is 2.20. The Morgan fingerprint density at radius 3 is 3.10 bits per heavy atom. The van der Waals surface area contributed by atoms with Gasteiger partial charge in [-0.1, -0.05) is 13.3 Å². The SMILES string of the molecule is CCCc1nc(C2CSCCN2C)nc2c1CCNC2. The number of fused-ring (bicyclic) bond motifs is 1. The number of hydrogen-bond donors (Lipinski definition) is 1. The van der Waals surface area contributed by atoms with Crippen LogP contribution >= 0.6 is 11.8 Å². The predicted octanol–water partition coefficient (Wildman–Crippen LogP) is 1.79. The summed E-state index contributed by atoms with van der Waals surface area (Å²) in [5, 5.41) is 3.44. The van der Waals surface area contributed by atoms with Crippen LogP contribution < -0.4 is 5.32 Å². The Kier molecular flexibility index (Phi) is 4.58. The minimum absolute atomic E-state index is 0.386. The maximum absolute atomic E-state index is 4.96. The molecule has 0 aromatic carbocycles. The van der Waals surface area contributed by atoms with Gasteiger partial charge in [0.05, 0.1) is 11.7 Å². The Morgan fingerprint density at radius 1 is 1.40 bits per heavy atom. The zero-order valence-electron chi connectivity index (χ0n) is 12.5. The highest BCUT2D eigenvalue weighted by Gasteiger charge is 2.26. The molecule has 1 unspecified atom stereocenters. The lowest BCUT2D eigenvalue weighted by Gasteiger charge is -2.32. The van der Waals surface area contributed by atoms with E-state index in [-0.39, 0.29) is 0 Å². The van der Waals surface area contributed by atoms with Gasteiger partial charge in [0.15, 0.2) is 0 Å². The third-order valence-electron chi connectivity index (χ3n) is 4.22. The summed E-state index contributed by atoms with van der Waals surface area (Å²) >= 11 is 2.02. The molecule has 110 valence electrons. The molecule has 2 aliphatic heterocycles. The van der Waals surface area contributed by atoms with Crippen LogP contribution in [0.5, 0.6) is 0 Å². The van der Waals surface area contributed by atoms with Crippen LogP contribution in [0.1, 0.15) is 42.2 Å². The lowest BCUT2D eigenvalue weighted by atomic mass is 10.0. The molecule has 0 radical (unpaired) electrons. The molecular weight excluding hydrogens is 268 g/mol. The Balaban J connectivity index is 1.96. The van der Waals surface area contributed by atoms with Crippen molar-refractivity contribution in [1.82, 2.24) is 20.2 Å². The maximum Gasteiger partial charge on any atom is 0.146 e. The molecule has 1 N–H and O–H groups in total. The van der Waals surface area contributed by atoms with Gasteiger partial charge in [-0.15, -0.1) is 0 Å². The standard InChI is InChI=1S/C15H24N4S/c1-3-4-12-11-5-6-16-9-13(11)18-15(17-12)14-10-20-8-7-19(14)2/h14,16H,3-10H2,1-2H3. The highest BCUT2D eigenvalue weighted by Crippen LogP contribution is 2.28. The molecule has 0 saturated carbocycles. The average Bonchev–Trinajstić information content (AvgIpc) is 2.48. The summed E-state index contributed by atoms with van der Waals surface area (Å²) in [6, 6.07) is 0.386. The fourth-order valence-electron chi connectivity index (χ4n) is 3.01. The first-order valence-corrected chi connectivity index (χ1v) is 8.82. The lowest BCUT2D eigenvalue weighted by molar-refractivity contribution is 0.263. The molecule has 1 saturated heterocycles. The summed E-state index contributed by atoms with van der Waals surface area (Å²) in [5.74, 6) is 3.39. The number of aromatic nitrogens is 2. The molecule has 1 aromatic rings. The van der Waals surface area contributed by atoms with Crippen molar-refractivity contribution in [2.24, 2.45) is 0 Å². The highest BCUT2D eigenvalue weighted by molar-refractivity contribution is 7.99. The molecule has 0 bridgehead atoms. The molecule has 1 fully saturated rings. The van der Waals surface area contributed by atoms with Crippen LogP contribution in [-0.4, -0.2) is 46.5 Å². The van der Waals surface area contributed by atoms with Crippen molar-refractivity contribution in [3.05, 3.63) is 22.8 Å². The second-order valence-corrected chi connectivity index (χ2v) is 6.85. The third kappa shape index (κ3) is 2.85. The third-order valence-corrected chi connectivity index (χ3v) is 5.24. The Labute approximate surface area is 125 Å². The molecule has 1 atom stereocenters. The number of nitrogens with zero attached hydrogens (tertiary/aromatic N) is 3. The van der Waals surface area contributed by atoms with Gasteiger partial charge in [-0.3, -0.25) is 4.90 Å². The minimum Gasteiger partial charge on any atom is -0.311 e. The van der Waals surface area contributed by atoms with Gasteiger partial charge in [0.1, 0.15) is 5.82 Å². The number of aryl methyl sites for hydroxylation is 1. The number of thioether (sulfide) groups is 1. The summed E-state index contributed by atoms with van der Waals surface area (Å²) in [6.07, 6.45) is 3.33. The Hall–Kier alpha value is -0.650. The monoisotopic (exact) mass is 292 g/mol. The molecule has 3 heterocycles. The van der Waals surface area contributed by atoms with E-state index >= 15 is 0 Å². The van der Waals surface area contributed by atoms with Gasteiger partial charge in [-0.2, -0.15) is 11.8 Å². The molecule has 0 amide bonds. The first kappa shape index (κ1) is 14.3. The minimum atomic E-state index is 0.386. The van der Waals surface area contributed by atoms with Gasteiger partial charge in [0.25, 0.3) is 0 Å². The van der Waals surface area contributed by atoms with Crippen molar-refractivity contribution < 1.29 is 0 Å². The summed E-state index contributed by atoms with van der Waals surface area (Å²) < 4.78 is 0. The van der Waals surface area contributed by atoms with E-state index in [1.807, 2.05) is 11.8 Å². The van der Waals surface area contributed by atoms with Crippen LogP contribution in [0, 0.1) is 0 Å². The van der Waals surface area contributed by atoms with Crippen molar-refractivity contribution in [2.75, 3.05) is 31.6 Å². The largest absolute Gasteiger partial charge is 0.311 e. The second-order valence-electron chi connectivity index (χ2n) is 5.70. The van der Waals surface area contributed by atoms with Gasteiger partial charge in [-0.05, 0) is 32.0 Å². The summed E-state index contributed by atoms with van der Waals surface area (Å²) in [4.78, 5) is 12.3. The zero-order valence-corrected chi connectivity index (χ0v) is 13.3. The van der Waals surface area contributed by atoms with Crippen molar-refractivity contribution >= 4 is 11.8 Å². The van der Waals surface area contributed by atoms with Crippen LogP contribution in [0.4, 0.5) is 0 Å². The van der Waals surface area contributed by atoms with Crippen LogP contribution in [0.3, 0.4) is 0 Å². The molecule has 5 heteroatoms. The summed E-state index contributed by atoms with van der Waals surface area (Å²) in [5.41, 5.74) is 3.96. The molecule has 0 spiro atoms. The van der Waals surface area contributed by atoms with Gasteiger partial charge in [-0.25, -0.2) is 9.97 Å². The molecule has 2 aliphatic rings. The number of nitrogens with one attached hydrogen (secondary N) is 1. The van der Waals surface area contributed by atoms with E-state index < -0.39 is 0 Å². The van der Waals surface area contributed by atoms with Crippen LogP contribution in [0.25, 0.3) is 0 Å². The van der Waals surface area contributed by atoms with E-state index in [2.05, 4.69) is 24.2 Å². The van der Waals surface area contributed by atoms with Crippen molar-refractivity contribution in [1.29, 1.82) is 0 Å². The van der Waals surface area contributed by atoms with E-state index in [1.165, 1.54) is 22.7 Å². The lowest BCUT2D eigenvalue weighted by Crippen LogP contribution is -2.35. The van der Waals surface area contributed by atoms with Crippen molar-refractivity contribution in [3.8, 4) is 0 Å². The van der Waals surface area contributed by atoms with Crippen LogP contribution in [-0.2, 0) is 19.4 Å². The second kappa shape index (κ2) is 6.41. The summed E-state index contributed by atoms with van der Waals surface area (Å²) in [6.45, 7) is 5.34. The first-order valence-electron chi connectivity index (χ1n) is 7.67. The zero-order chi connectivity index (χ0) is 13.9. The molecule has 1 aromatic heterocycles. The number of rotatable bonds is 3. The van der Waals surface area contributed by atoms with E-state index in [1.54, 1.807) is 0 Å². The topological polar surface area (TPSA) is 41.1 Å². The molecule has 20 heavy (non-hydrogen) atoms. The smallest absolute Gasteiger partial charge is 0.146 e. The van der Waals surface area contributed by atoms with Gasteiger partial charge < -0.3 is 5.32 Å². The predicted molar refractivity (Wildman–Crippen MR) is 84.1 cm³/mol. The molecule has 4 nitrogen and oxygen atoms in total. The van der Waals surface area contributed by atoms with Crippen LogP contribution in [0.15, 0.2) is 0 Å². The van der Waals surface area contributed by atoms with Gasteiger partial charge >= 0.3 is 0 Å². The Morgan fingerprint density at radius 2 is 2.30 bits per heavy atom. The maximum atomic E-state index is 4.96. The van der Waals surface area contributed by atoms with E-state index in [0.29, 0.717) is 6.04 Å². The molecular formula is C15H24N4S. The van der Waals surface area contributed by atoms with E-state index in [9.17, 15) is 0 Å². The average molecular weight is 292 g/mol. The van der Waals surface area contributed by atoms with Gasteiger partial charge in [0.2, 0.25) is 0 Å². The van der Waals surface area contributed by atoms with Crippen molar-refractivity contribution in [2.45, 2.75) is 38.8 Å². The van der Waals surface area contributed by atoms with Crippen molar-refractivity contribution in [3.63, 3.8) is 0 Å².